The minimum atomic E-state index is 0.921. The standard InChI is InChI=1S/C44H31N3/c1-3-46-41-11-7-5-9-33(41)35-21-17-31(27-43(35)46)15-13-29-19-23-39-37(25-29)38-26-30(20-24-40(38)45-39)14-16-32-18-22-36-34-10-6-8-12-42(34)47(4-2)44(36)28-32/h5-12,17-28,45H,3-4H2,1-2H3. The molecule has 3 heterocycles. The molecule has 0 aliphatic carbocycles. The third kappa shape index (κ3) is 4.40. The maximum Gasteiger partial charge on any atom is 0.0503 e. The van der Waals surface area contributed by atoms with Gasteiger partial charge in [-0.15, -0.1) is 0 Å². The predicted octanol–water partition coefficient (Wildman–Crippen LogP) is 10.4. The number of aromatic nitrogens is 3. The van der Waals surface area contributed by atoms with E-state index in [1.54, 1.807) is 0 Å². The van der Waals surface area contributed by atoms with Gasteiger partial charge in [-0.3, -0.25) is 0 Å². The van der Waals surface area contributed by atoms with Crippen molar-refractivity contribution in [3.63, 3.8) is 0 Å². The summed E-state index contributed by atoms with van der Waals surface area (Å²) >= 11 is 0. The second-order valence-electron chi connectivity index (χ2n) is 12.1. The molecule has 0 amide bonds. The van der Waals surface area contributed by atoms with Crippen LogP contribution in [0, 0.1) is 23.7 Å². The molecule has 222 valence electrons. The topological polar surface area (TPSA) is 25.6 Å². The van der Waals surface area contributed by atoms with Gasteiger partial charge in [0, 0.05) is 89.7 Å². The lowest BCUT2D eigenvalue weighted by molar-refractivity contribution is 0.827. The Bertz CT molecular complexity index is 2640. The summed E-state index contributed by atoms with van der Waals surface area (Å²) in [5.74, 6) is 13.7. The molecule has 9 rings (SSSR count). The van der Waals surface area contributed by atoms with Crippen LogP contribution in [0.3, 0.4) is 0 Å². The van der Waals surface area contributed by atoms with Crippen molar-refractivity contribution in [2.75, 3.05) is 0 Å². The van der Waals surface area contributed by atoms with Crippen molar-refractivity contribution in [2.45, 2.75) is 26.9 Å². The van der Waals surface area contributed by atoms with Crippen LogP contribution in [-0.4, -0.2) is 14.1 Å². The van der Waals surface area contributed by atoms with Crippen molar-refractivity contribution in [1.82, 2.24) is 14.1 Å². The molecule has 47 heavy (non-hydrogen) atoms. The zero-order valence-electron chi connectivity index (χ0n) is 26.4. The maximum atomic E-state index is 3.57. The van der Waals surface area contributed by atoms with E-state index in [9.17, 15) is 0 Å². The van der Waals surface area contributed by atoms with Gasteiger partial charge in [0.1, 0.15) is 0 Å². The number of nitrogens with one attached hydrogen (secondary N) is 1. The number of aromatic amines is 1. The fourth-order valence-electron chi connectivity index (χ4n) is 7.28. The molecule has 6 aromatic carbocycles. The summed E-state index contributed by atoms with van der Waals surface area (Å²) in [7, 11) is 0. The molecule has 9 aromatic rings. The van der Waals surface area contributed by atoms with Crippen molar-refractivity contribution in [1.29, 1.82) is 0 Å². The number of hydrogen-bond donors (Lipinski definition) is 1. The number of rotatable bonds is 2. The smallest absolute Gasteiger partial charge is 0.0503 e. The highest BCUT2D eigenvalue weighted by Crippen LogP contribution is 2.31. The first kappa shape index (κ1) is 27.2. The van der Waals surface area contributed by atoms with E-state index in [2.05, 4.69) is 173 Å². The van der Waals surface area contributed by atoms with Crippen molar-refractivity contribution in [2.24, 2.45) is 0 Å². The van der Waals surface area contributed by atoms with E-state index in [4.69, 9.17) is 0 Å². The van der Waals surface area contributed by atoms with Crippen LogP contribution in [0.4, 0.5) is 0 Å². The van der Waals surface area contributed by atoms with Crippen molar-refractivity contribution in [3.8, 4) is 23.7 Å². The third-order valence-corrected chi connectivity index (χ3v) is 9.48. The highest BCUT2D eigenvalue weighted by Gasteiger charge is 2.11. The molecule has 0 aliphatic rings. The van der Waals surface area contributed by atoms with Gasteiger partial charge < -0.3 is 14.1 Å². The SMILES string of the molecule is CCn1c2ccccc2c2ccc(C#Cc3ccc4[nH]c5ccc(C#Cc6ccc7c8ccccc8n(CC)c7c6)cc5c4c3)cc21. The Morgan fingerprint density at radius 1 is 0.404 bits per heavy atom. The van der Waals surface area contributed by atoms with E-state index in [1.165, 1.54) is 43.6 Å². The van der Waals surface area contributed by atoms with Crippen LogP contribution in [0.15, 0.2) is 121 Å². The average molecular weight is 602 g/mol. The molecule has 0 radical (unpaired) electrons. The van der Waals surface area contributed by atoms with E-state index >= 15 is 0 Å². The summed E-state index contributed by atoms with van der Waals surface area (Å²) in [4.78, 5) is 3.57. The van der Waals surface area contributed by atoms with Gasteiger partial charge in [0.25, 0.3) is 0 Å². The first-order valence-corrected chi connectivity index (χ1v) is 16.3. The summed E-state index contributed by atoms with van der Waals surface area (Å²) in [6.07, 6.45) is 0. The normalized spacial score (nSPS) is 11.4. The van der Waals surface area contributed by atoms with E-state index in [-0.39, 0.29) is 0 Å². The summed E-state index contributed by atoms with van der Waals surface area (Å²) in [6, 6.07) is 43.2. The monoisotopic (exact) mass is 601 g/mol. The Morgan fingerprint density at radius 3 is 1.23 bits per heavy atom. The van der Waals surface area contributed by atoms with Crippen LogP contribution in [0.25, 0.3) is 65.4 Å². The number of para-hydroxylation sites is 2. The Morgan fingerprint density at radius 2 is 0.787 bits per heavy atom. The van der Waals surface area contributed by atoms with Gasteiger partial charge in [0.2, 0.25) is 0 Å². The lowest BCUT2D eigenvalue weighted by Crippen LogP contribution is -1.92. The molecule has 0 saturated carbocycles. The van der Waals surface area contributed by atoms with Crippen molar-refractivity contribution < 1.29 is 0 Å². The molecule has 0 spiro atoms. The average Bonchev–Trinajstić information content (AvgIpc) is 3.75. The van der Waals surface area contributed by atoms with Gasteiger partial charge in [-0.2, -0.15) is 0 Å². The fraction of sp³-hybridized carbons (Fsp3) is 0.0909. The van der Waals surface area contributed by atoms with Crippen LogP contribution in [0.5, 0.6) is 0 Å². The van der Waals surface area contributed by atoms with E-state index in [0.717, 1.165) is 57.1 Å². The van der Waals surface area contributed by atoms with Crippen LogP contribution in [0.2, 0.25) is 0 Å². The summed E-state index contributed by atoms with van der Waals surface area (Å²) in [5.41, 5.74) is 11.2. The third-order valence-electron chi connectivity index (χ3n) is 9.48. The number of hydrogen-bond acceptors (Lipinski definition) is 0. The van der Waals surface area contributed by atoms with Gasteiger partial charge >= 0.3 is 0 Å². The summed E-state index contributed by atoms with van der Waals surface area (Å²) in [6.45, 7) is 6.24. The fourth-order valence-corrected chi connectivity index (χ4v) is 7.28. The number of fused-ring (bicyclic) bond motifs is 9. The first-order valence-electron chi connectivity index (χ1n) is 16.3. The zero-order chi connectivity index (χ0) is 31.5. The van der Waals surface area contributed by atoms with E-state index < -0.39 is 0 Å². The lowest BCUT2D eigenvalue weighted by Gasteiger charge is -2.02. The van der Waals surface area contributed by atoms with Crippen LogP contribution >= 0.6 is 0 Å². The minimum absolute atomic E-state index is 0.921. The van der Waals surface area contributed by atoms with E-state index in [1.807, 2.05) is 0 Å². The number of benzene rings is 6. The van der Waals surface area contributed by atoms with Gasteiger partial charge in [0.15, 0.2) is 0 Å². The molecular weight excluding hydrogens is 571 g/mol. The highest BCUT2D eigenvalue weighted by molar-refractivity contribution is 6.10. The number of H-pyrrole nitrogens is 1. The molecule has 1 N–H and O–H groups in total. The van der Waals surface area contributed by atoms with Crippen molar-refractivity contribution >= 4 is 65.4 Å². The lowest BCUT2D eigenvalue weighted by atomic mass is 10.1. The number of nitrogens with zero attached hydrogens (tertiary/aromatic N) is 2. The molecule has 3 heteroatoms. The Kier molecular flexibility index (Phi) is 6.20. The molecule has 0 atom stereocenters. The van der Waals surface area contributed by atoms with Crippen LogP contribution in [-0.2, 0) is 13.1 Å². The minimum Gasteiger partial charge on any atom is -0.355 e. The zero-order valence-corrected chi connectivity index (χ0v) is 26.4. The largest absolute Gasteiger partial charge is 0.355 e. The Labute approximate surface area is 273 Å². The Hall–Kier alpha value is -6.16. The number of aryl methyl sites for hydroxylation is 2. The van der Waals surface area contributed by atoms with Gasteiger partial charge in [-0.25, -0.2) is 0 Å². The molecule has 0 fully saturated rings. The maximum absolute atomic E-state index is 3.57. The van der Waals surface area contributed by atoms with E-state index in [0.29, 0.717) is 0 Å². The molecule has 0 aliphatic heterocycles. The quantitative estimate of drug-likeness (QED) is 0.191. The predicted molar refractivity (Wildman–Crippen MR) is 198 cm³/mol. The van der Waals surface area contributed by atoms with Gasteiger partial charge in [0.05, 0.1) is 11.0 Å². The van der Waals surface area contributed by atoms with Crippen LogP contribution < -0.4 is 0 Å². The molecular formula is C44H31N3. The molecule has 0 saturated heterocycles. The second kappa shape index (κ2) is 10.7. The summed E-state index contributed by atoms with van der Waals surface area (Å²) in [5, 5.41) is 7.45. The Balaban J connectivity index is 1.06. The first-order chi connectivity index (χ1) is 23.2. The molecule has 0 unspecified atom stereocenters. The van der Waals surface area contributed by atoms with Crippen LogP contribution in [0.1, 0.15) is 36.1 Å². The van der Waals surface area contributed by atoms with Gasteiger partial charge in [-0.05, 0) is 86.6 Å². The molecule has 0 bridgehead atoms. The summed E-state index contributed by atoms with van der Waals surface area (Å²) < 4.78 is 4.75. The molecule has 3 aromatic heterocycles. The highest BCUT2D eigenvalue weighted by atomic mass is 15.0. The van der Waals surface area contributed by atoms with Crippen molar-refractivity contribution in [3.05, 3.63) is 144 Å². The second-order valence-corrected chi connectivity index (χ2v) is 12.1. The molecule has 3 nitrogen and oxygen atoms in total. The van der Waals surface area contributed by atoms with Gasteiger partial charge in [-0.1, -0.05) is 72.2 Å².